The maximum atomic E-state index is 12.5. The molecule has 1 atom stereocenters. The summed E-state index contributed by atoms with van der Waals surface area (Å²) in [5.74, 6) is 1.58. The van der Waals surface area contributed by atoms with E-state index in [0.29, 0.717) is 28.8 Å². The van der Waals surface area contributed by atoms with Gasteiger partial charge in [-0.25, -0.2) is 0 Å². The molecule has 1 N–H and O–H groups in total. The summed E-state index contributed by atoms with van der Waals surface area (Å²) in [5.41, 5.74) is 2.45. The van der Waals surface area contributed by atoms with E-state index in [4.69, 9.17) is 14.0 Å². The zero-order chi connectivity index (χ0) is 19.4. The van der Waals surface area contributed by atoms with Crippen LogP contribution < -0.4 is 14.8 Å². The molecule has 0 fully saturated rings. The molecule has 3 rings (SSSR count). The number of ether oxygens (including phenoxy) is 2. The highest BCUT2D eigenvalue weighted by atomic mass is 16.5. The molecule has 0 saturated heterocycles. The van der Waals surface area contributed by atoms with Crippen molar-refractivity contribution in [1.29, 1.82) is 0 Å². The second-order valence-electron chi connectivity index (χ2n) is 6.09. The zero-order valence-electron chi connectivity index (χ0n) is 15.6. The van der Waals surface area contributed by atoms with Gasteiger partial charge in [0.05, 0.1) is 14.2 Å². The van der Waals surface area contributed by atoms with Gasteiger partial charge >= 0.3 is 0 Å². The third-order valence-corrected chi connectivity index (χ3v) is 4.12. The molecule has 0 bridgehead atoms. The largest absolute Gasteiger partial charge is 0.493 e. The fourth-order valence-electron chi connectivity index (χ4n) is 2.55. The summed E-state index contributed by atoms with van der Waals surface area (Å²) in [6, 6.07) is 12.3. The van der Waals surface area contributed by atoms with Crippen LogP contribution in [-0.2, 0) is 0 Å². The van der Waals surface area contributed by atoms with Crippen molar-refractivity contribution >= 4 is 5.91 Å². The Kier molecular flexibility index (Phi) is 5.40. The van der Waals surface area contributed by atoms with Gasteiger partial charge in [0.2, 0.25) is 11.7 Å². The Bertz CT molecular complexity index is 935. The van der Waals surface area contributed by atoms with Crippen LogP contribution in [0.1, 0.15) is 34.8 Å². The summed E-state index contributed by atoms with van der Waals surface area (Å²) in [4.78, 5) is 16.9. The molecule has 0 unspecified atom stereocenters. The van der Waals surface area contributed by atoms with Crippen molar-refractivity contribution in [3.8, 4) is 22.9 Å². The van der Waals surface area contributed by atoms with E-state index in [1.807, 2.05) is 31.2 Å². The molecule has 1 aromatic heterocycles. The number of methoxy groups -OCH3 is 2. The van der Waals surface area contributed by atoms with Crippen molar-refractivity contribution in [1.82, 2.24) is 15.5 Å². The van der Waals surface area contributed by atoms with Crippen LogP contribution in [0, 0.1) is 6.92 Å². The van der Waals surface area contributed by atoms with Crippen molar-refractivity contribution in [2.75, 3.05) is 14.2 Å². The van der Waals surface area contributed by atoms with E-state index in [-0.39, 0.29) is 5.91 Å². The van der Waals surface area contributed by atoms with Crippen LogP contribution in [0.2, 0.25) is 0 Å². The second kappa shape index (κ2) is 7.90. The highest BCUT2D eigenvalue weighted by Crippen LogP contribution is 2.28. The van der Waals surface area contributed by atoms with E-state index in [1.165, 1.54) is 7.11 Å². The predicted octanol–water partition coefficient (Wildman–Crippen LogP) is 3.55. The van der Waals surface area contributed by atoms with Gasteiger partial charge in [0.15, 0.2) is 11.5 Å². The van der Waals surface area contributed by atoms with Gasteiger partial charge in [0, 0.05) is 11.1 Å². The monoisotopic (exact) mass is 367 g/mol. The predicted molar refractivity (Wildman–Crippen MR) is 99.9 cm³/mol. The van der Waals surface area contributed by atoms with Gasteiger partial charge in [-0.05, 0) is 32.0 Å². The summed E-state index contributed by atoms with van der Waals surface area (Å²) in [6.45, 7) is 3.79. The topological polar surface area (TPSA) is 86.5 Å². The lowest BCUT2D eigenvalue weighted by molar-refractivity contribution is 0.0932. The first-order valence-corrected chi connectivity index (χ1v) is 8.45. The minimum absolute atomic E-state index is 0.279. The Hall–Kier alpha value is -3.35. The van der Waals surface area contributed by atoms with Gasteiger partial charge in [-0.2, -0.15) is 4.98 Å². The lowest BCUT2D eigenvalue weighted by Crippen LogP contribution is -2.26. The summed E-state index contributed by atoms with van der Waals surface area (Å²) in [7, 11) is 3.06. The highest BCUT2D eigenvalue weighted by Gasteiger charge is 2.19. The Balaban J connectivity index is 1.72. The van der Waals surface area contributed by atoms with Crippen molar-refractivity contribution < 1.29 is 18.8 Å². The molecule has 0 spiro atoms. The summed E-state index contributed by atoms with van der Waals surface area (Å²) < 4.78 is 15.7. The molecular formula is C20H21N3O4. The number of aromatic nitrogens is 2. The molecule has 3 aromatic rings. The second-order valence-corrected chi connectivity index (χ2v) is 6.09. The standard InChI is InChI=1S/C20H21N3O4/c1-12-5-7-14(8-6-12)18-22-20(27-23-18)13(2)21-19(24)15-9-10-16(25-3)17(11-15)26-4/h5-11,13H,1-4H3,(H,21,24)/t13-/m1/s1. The van der Waals surface area contributed by atoms with Crippen molar-refractivity contribution in [3.63, 3.8) is 0 Å². The third kappa shape index (κ3) is 4.08. The smallest absolute Gasteiger partial charge is 0.252 e. The maximum Gasteiger partial charge on any atom is 0.252 e. The van der Waals surface area contributed by atoms with Crippen molar-refractivity contribution in [2.24, 2.45) is 0 Å². The molecule has 0 radical (unpaired) electrons. The number of benzene rings is 2. The van der Waals surface area contributed by atoms with Gasteiger partial charge in [-0.3, -0.25) is 4.79 Å². The van der Waals surface area contributed by atoms with E-state index in [2.05, 4.69) is 15.5 Å². The molecule has 0 aliphatic carbocycles. The lowest BCUT2D eigenvalue weighted by Gasteiger charge is -2.12. The molecule has 0 aliphatic rings. The minimum atomic E-state index is -0.447. The molecule has 27 heavy (non-hydrogen) atoms. The quantitative estimate of drug-likeness (QED) is 0.717. The van der Waals surface area contributed by atoms with E-state index >= 15 is 0 Å². The van der Waals surface area contributed by atoms with Crippen LogP contribution in [0.25, 0.3) is 11.4 Å². The molecule has 7 heteroatoms. The first kappa shape index (κ1) is 18.4. The Morgan fingerprint density at radius 3 is 2.44 bits per heavy atom. The Labute approximate surface area is 157 Å². The number of carbonyl (C=O) groups excluding carboxylic acids is 1. The average molecular weight is 367 g/mol. The summed E-state index contributed by atoms with van der Waals surface area (Å²) in [5, 5.41) is 6.84. The molecule has 7 nitrogen and oxygen atoms in total. The summed E-state index contributed by atoms with van der Waals surface area (Å²) in [6.07, 6.45) is 0. The van der Waals surface area contributed by atoms with E-state index in [1.54, 1.807) is 32.2 Å². The number of rotatable bonds is 6. The SMILES string of the molecule is COc1ccc(C(=O)N[C@H](C)c2nc(-c3ccc(C)cc3)no2)cc1OC. The number of carbonyl (C=O) groups is 1. The summed E-state index contributed by atoms with van der Waals surface area (Å²) >= 11 is 0. The van der Waals surface area contributed by atoms with E-state index in [9.17, 15) is 4.79 Å². The molecule has 0 saturated carbocycles. The van der Waals surface area contributed by atoms with E-state index in [0.717, 1.165) is 11.1 Å². The number of amides is 1. The van der Waals surface area contributed by atoms with Crippen LogP contribution in [0.4, 0.5) is 0 Å². The van der Waals surface area contributed by atoms with Gasteiger partial charge in [-0.15, -0.1) is 0 Å². The first-order valence-electron chi connectivity index (χ1n) is 8.45. The minimum Gasteiger partial charge on any atom is -0.493 e. The van der Waals surface area contributed by atoms with Crippen LogP contribution >= 0.6 is 0 Å². The molecule has 140 valence electrons. The zero-order valence-corrected chi connectivity index (χ0v) is 15.6. The average Bonchev–Trinajstić information content (AvgIpc) is 3.18. The molecule has 2 aromatic carbocycles. The Morgan fingerprint density at radius 1 is 1.07 bits per heavy atom. The lowest BCUT2D eigenvalue weighted by atomic mass is 10.1. The number of hydrogen-bond donors (Lipinski definition) is 1. The fourth-order valence-corrected chi connectivity index (χ4v) is 2.55. The van der Waals surface area contributed by atoms with Gasteiger partial charge in [0.25, 0.3) is 5.91 Å². The molecule has 0 aliphatic heterocycles. The molecular weight excluding hydrogens is 346 g/mol. The normalized spacial score (nSPS) is 11.7. The van der Waals surface area contributed by atoms with Gasteiger partial charge in [-0.1, -0.05) is 35.0 Å². The van der Waals surface area contributed by atoms with Crippen LogP contribution in [0.3, 0.4) is 0 Å². The van der Waals surface area contributed by atoms with Gasteiger partial charge in [0.1, 0.15) is 6.04 Å². The maximum absolute atomic E-state index is 12.5. The van der Waals surface area contributed by atoms with Crippen molar-refractivity contribution in [3.05, 3.63) is 59.5 Å². The number of nitrogens with one attached hydrogen (secondary N) is 1. The van der Waals surface area contributed by atoms with Crippen molar-refractivity contribution in [2.45, 2.75) is 19.9 Å². The molecule has 1 heterocycles. The third-order valence-electron chi connectivity index (χ3n) is 4.12. The van der Waals surface area contributed by atoms with E-state index < -0.39 is 6.04 Å². The van der Waals surface area contributed by atoms with Crippen LogP contribution in [0.5, 0.6) is 11.5 Å². The highest BCUT2D eigenvalue weighted by molar-refractivity contribution is 5.95. The fraction of sp³-hybridized carbons (Fsp3) is 0.250. The Morgan fingerprint density at radius 2 is 1.78 bits per heavy atom. The van der Waals surface area contributed by atoms with Gasteiger partial charge < -0.3 is 19.3 Å². The number of aryl methyl sites for hydroxylation is 1. The molecule has 1 amide bonds. The first-order chi connectivity index (χ1) is 13.0. The van der Waals surface area contributed by atoms with Crippen LogP contribution in [0.15, 0.2) is 47.0 Å². The number of hydrogen-bond acceptors (Lipinski definition) is 6. The number of nitrogens with zero attached hydrogens (tertiary/aromatic N) is 2. The van der Waals surface area contributed by atoms with Crippen LogP contribution in [-0.4, -0.2) is 30.3 Å².